The first kappa shape index (κ1) is 15.2. The highest BCUT2D eigenvalue weighted by atomic mass is 19.1. The molecular formula is C15H15F3N2O. The molecule has 0 amide bonds. The normalized spacial score (nSPS) is 19.6. The smallest absolute Gasteiger partial charge is 0.189 e. The number of rotatable bonds is 3. The molecule has 6 heteroatoms. The predicted octanol–water partition coefficient (Wildman–Crippen LogP) is 3.58. The van der Waals surface area contributed by atoms with Gasteiger partial charge in [0.25, 0.3) is 0 Å². The van der Waals surface area contributed by atoms with Gasteiger partial charge in [0.05, 0.1) is 7.11 Å². The molecule has 1 aliphatic rings. The van der Waals surface area contributed by atoms with Crippen LogP contribution in [0.3, 0.4) is 0 Å². The number of methoxy groups -OCH3 is 1. The highest BCUT2D eigenvalue weighted by Gasteiger charge is 2.24. The van der Waals surface area contributed by atoms with Gasteiger partial charge in [-0.2, -0.15) is 0 Å². The van der Waals surface area contributed by atoms with E-state index in [0.29, 0.717) is 17.0 Å². The lowest BCUT2D eigenvalue weighted by Crippen LogP contribution is -2.15. The van der Waals surface area contributed by atoms with Crippen molar-refractivity contribution in [1.29, 1.82) is 0 Å². The molecule has 21 heavy (non-hydrogen) atoms. The van der Waals surface area contributed by atoms with Gasteiger partial charge in [0.2, 0.25) is 0 Å². The van der Waals surface area contributed by atoms with Gasteiger partial charge in [-0.25, -0.2) is 18.2 Å². The summed E-state index contributed by atoms with van der Waals surface area (Å²) in [6.45, 7) is 3.03. The van der Waals surface area contributed by atoms with Crippen LogP contribution in [-0.4, -0.2) is 19.2 Å². The number of nitrogens with zero attached hydrogens (tertiary/aromatic N) is 1. The van der Waals surface area contributed by atoms with Crippen molar-refractivity contribution in [2.24, 2.45) is 4.99 Å². The monoisotopic (exact) mass is 296 g/mol. The van der Waals surface area contributed by atoms with E-state index in [1.165, 1.54) is 26.3 Å². The van der Waals surface area contributed by atoms with Gasteiger partial charge in [0.1, 0.15) is 11.7 Å². The average Bonchev–Trinajstić information content (AvgIpc) is 2.79. The Morgan fingerprint density at radius 1 is 1.33 bits per heavy atom. The van der Waals surface area contributed by atoms with Crippen molar-refractivity contribution in [2.45, 2.75) is 20.1 Å². The lowest BCUT2D eigenvalue weighted by molar-refractivity contribution is 0.376. The number of ether oxygens (including phenoxy) is 1. The maximum atomic E-state index is 13.8. The molecule has 1 atom stereocenters. The molecule has 1 aliphatic heterocycles. The molecule has 1 aromatic rings. The molecule has 0 bridgehead atoms. The Labute approximate surface area is 120 Å². The van der Waals surface area contributed by atoms with Crippen LogP contribution < -0.4 is 10.1 Å². The second-order valence-corrected chi connectivity index (χ2v) is 4.42. The van der Waals surface area contributed by atoms with Gasteiger partial charge in [0, 0.05) is 29.0 Å². The van der Waals surface area contributed by atoms with Crippen LogP contribution in [0.5, 0.6) is 5.75 Å². The Morgan fingerprint density at radius 2 is 2.05 bits per heavy atom. The molecule has 2 rings (SSSR count). The minimum atomic E-state index is -1.39. The van der Waals surface area contributed by atoms with Crippen molar-refractivity contribution in [1.82, 2.24) is 5.32 Å². The molecule has 0 spiro atoms. The van der Waals surface area contributed by atoms with Crippen LogP contribution in [0, 0.1) is 11.6 Å². The minimum absolute atomic E-state index is 0.0710. The van der Waals surface area contributed by atoms with E-state index in [1.807, 2.05) is 0 Å². The van der Waals surface area contributed by atoms with Crippen molar-refractivity contribution < 1.29 is 17.9 Å². The van der Waals surface area contributed by atoms with Gasteiger partial charge in [-0.1, -0.05) is 6.08 Å². The van der Waals surface area contributed by atoms with Gasteiger partial charge in [-0.15, -0.1) is 0 Å². The second kappa shape index (κ2) is 6.03. The SMILES string of the molecule is C/C=C1/C(c2cc(F)cc(F)c2OC)=CN/C1=N/C(C)F. The first-order valence-corrected chi connectivity index (χ1v) is 6.37. The van der Waals surface area contributed by atoms with Crippen molar-refractivity contribution >= 4 is 11.4 Å². The number of allylic oxidation sites excluding steroid dienone is 1. The molecule has 0 fully saturated rings. The summed E-state index contributed by atoms with van der Waals surface area (Å²) in [5.74, 6) is -1.27. The van der Waals surface area contributed by atoms with Crippen molar-refractivity contribution in [3.63, 3.8) is 0 Å². The number of aliphatic imine (C=N–C) groups is 1. The number of alkyl halides is 1. The maximum absolute atomic E-state index is 13.8. The third-order valence-corrected chi connectivity index (χ3v) is 3.00. The van der Waals surface area contributed by atoms with Gasteiger partial charge < -0.3 is 10.1 Å². The van der Waals surface area contributed by atoms with Crippen molar-refractivity contribution in [3.05, 3.63) is 47.2 Å². The number of halogens is 3. The van der Waals surface area contributed by atoms with Crippen molar-refractivity contribution in [3.8, 4) is 5.75 Å². The van der Waals surface area contributed by atoms with E-state index < -0.39 is 17.9 Å². The Kier molecular flexibility index (Phi) is 4.35. The molecule has 112 valence electrons. The summed E-state index contributed by atoms with van der Waals surface area (Å²) in [4.78, 5) is 3.79. The molecule has 0 radical (unpaired) electrons. The Morgan fingerprint density at radius 3 is 2.62 bits per heavy atom. The summed E-state index contributed by atoms with van der Waals surface area (Å²) in [6.07, 6.45) is 1.82. The maximum Gasteiger partial charge on any atom is 0.189 e. The molecule has 1 unspecified atom stereocenters. The largest absolute Gasteiger partial charge is 0.493 e. The third-order valence-electron chi connectivity index (χ3n) is 3.00. The zero-order chi connectivity index (χ0) is 15.6. The number of nitrogens with one attached hydrogen (secondary N) is 1. The fourth-order valence-corrected chi connectivity index (χ4v) is 2.19. The number of hydrogen-bond acceptors (Lipinski definition) is 2. The van der Waals surface area contributed by atoms with E-state index in [9.17, 15) is 13.2 Å². The molecule has 1 N–H and O–H groups in total. The van der Waals surface area contributed by atoms with Crippen LogP contribution in [-0.2, 0) is 0 Å². The van der Waals surface area contributed by atoms with Crippen LogP contribution >= 0.6 is 0 Å². The number of hydrogen-bond donors (Lipinski definition) is 1. The Hall–Kier alpha value is -2.24. The molecule has 0 aliphatic carbocycles. The zero-order valence-electron chi connectivity index (χ0n) is 11.9. The topological polar surface area (TPSA) is 33.6 Å². The van der Waals surface area contributed by atoms with Crippen molar-refractivity contribution in [2.75, 3.05) is 7.11 Å². The minimum Gasteiger partial charge on any atom is -0.493 e. The average molecular weight is 296 g/mol. The third kappa shape index (κ3) is 2.94. The molecular weight excluding hydrogens is 281 g/mol. The molecule has 3 nitrogen and oxygen atoms in total. The highest BCUT2D eigenvalue weighted by Crippen LogP contribution is 2.36. The van der Waals surface area contributed by atoms with Crippen LogP contribution in [0.15, 0.2) is 35.0 Å². The molecule has 0 saturated carbocycles. The van der Waals surface area contributed by atoms with Gasteiger partial charge in [-0.05, 0) is 19.9 Å². The van der Waals surface area contributed by atoms with E-state index in [2.05, 4.69) is 10.3 Å². The standard InChI is InChI=1S/C15H15F3N2O/c1-4-10-12(7-19-15(10)20-8(2)16)11-5-9(17)6-13(18)14(11)21-3/h4-8H,1-3H3,(H,19,20)/b10-4-. The Balaban J connectivity index is 2.54. The fraction of sp³-hybridized carbons (Fsp3) is 0.267. The van der Waals surface area contributed by atoms with E-state index in [0.717, 1.165) is 6.07 Å². The lowest BCUT2D eigenvalue weighted by Gasteiger charge is -2.12. The van der Waals surface area contributed by atoms with E-state index >= 15 is 0 Å². The number of amidine groups is 1. The van der Waals surface area contributed by atoms with E-state index in [4.69, 9.17) is 4.74 Å². The quantitative estimate of drug-likeness (QED) is 0.865. The van der Waals surface area contributed by atoms with E-state index in [1.54, 1.807) is 13.0 Å². The first-order chi connectivity index (χ1) is 9.97. The second-order valence-electron chi connectivity index (χ2n) is 4.42. The predicted molar refractivity (Wildman–Crippen MR) is 75.8 cm³/mol. The van der Waals surface area contributed by atoms with Crippen LogP contribution in [0.2, 0.25) is 0 Å². The van der Waals surface area contributed by atoms with Crippen LogP contribution in [0.4, 0.5) is 13.2 Å². The van der Waals surface area contributed by atoms with E-state index in [-0.39, 0.29) is 11.3 Å². The van der Waals surface area contributed by atoms with Gasteiger partial charge in [-0.3, -0.25) is 0 Å². The zero-order valence-corrected chi connectivity index (χ0v) is 11.9. The molecule has 0 aromatic heterocycles. The van der Waals surface area contributed by atoms with Crippen LogP contribution in [0.1, 0.15) is 19.4 Å². The molecule has 1 aromatic carbocycles. The van der Waals surface area contributed by atoms with Gasteiger partial charge >= 0.3 is 0 Å². The fourth-order valence-electron chi connectivity index (χ4n) is 2.19. The van der Waals surface area contributed by atoms with Crippen LogP contribution in [0.25, 0.3) is 5.57 Å². The summed E-state index contributed by atoms with van der Waals surface area (Å²) >= 11 is 0. The number of benzene rings is 1. The highest BCUT2D eigenvalue weighted by molar-refractivity contribution is 6.16. The molecule has 1 heterocycles. The Bertz CT molecular complexity index is 649. The summed E-state index contributed by atoms with van der Waals surface area (Å²) in [7, 11) is 1.30. The lowest BCUT2D eigenvalue weighted by atomic mass is 9.98. The summed E-state index contributed by atoms with van der Waals surface area (Å²) in [5, 5.41) is 2.81. The first-order valence-electron chi connectivity index (χ1n) is 6.37. The van der Waals surface area contributed by atoms with Gasteiger partial charge in [0.15, 0.2) is 17.9 Å². The summed E-state index contributed by atoms with van der Waals surface area (Å²) < 4.78 is 45.3. The summed E-state index contributed by atoms with van der Waals surface area (Å²) in [5.41, 5.74) is 1.29. The molecule has 0 saturated heterocycles. The summed E-state index contributed by atoms with van der Waals surface area (Å²) in [6, 6.07) is 1.92.